The zero-order chi connectivity index (χ0) is 10.1. The zero-order valence-corrected chi connectivity index (χ0v) is 7.19. The van der Waals surface area contributed by atoms with Crippen molar-refractivity contribution in [3.8, 4) is 5.75 Å². The van der Waals surface area contributed by atoms with Crippen LogP contribution in [0.4, 0.5) is 0 Å². The summed E-state index contributed by atoms with van der Waals surface area (Å²) in [5.41, 5.74) is 1.73. The number of aromatic hydroxyl groups is 1. The average molecular weight is 192 g/mol. The third-order valence-electron chi connectivity index (χ3n) is 1.96. The molecule has 0 fully saturated rings. The van der Waals surface area contributed by atoms with Crippen molar-refractivity contribution in [1.29, 1.82) is 0 Å². The van der Waals surface area contributed by atoms with Gasteiger partial charge >= 0.3 is 5.97 Å². The minimum absolute atomic E-state index is 0.0352. The van der Waals surface area contributed by atoms with Crippen LogP contribution in [0.5, 0.6) is 5.75 Å². The Morgan fingerprint density at radius 1 is 1.50 bits per heavy atom. The Kier molecular flexibility index (Phi) is 1.85. The van der Waals surface area contributed by atoms with E-state index in [0.29, 0.717) is 11.1 Å². The van der Waals surface area contributed by atoms with Crippen LogP contribution in [0.1, 0.15) is 5.56 Å². The first-order valence-corrected chi connectivity index (χ1v) is 4.03. The van der Waals surface area contributed by atoms with E-state index in [4.69, 9.17) is 5.11 Å². The smallest absolute Gasteiger partial charge is 0.307 e. The molecule has 5 nitrogen and oxygen atoms in total. The van der Waals surface area contributed by atoms with E-state index in [1.54, 1.807) is 6.07 Å². The lowest BCUT2D eigenvalue weighted by Crippen LogP contribution is -2.00. The standard InChI is InChI=1S/C9H8N2O3/c12-8-3-7-6(10-4-11-7)1-5(8)2-9(13)14/h1,3-4,12H,2H2,(H,10,11)(H,13,14). The Labute approximate surface area is 79.0 Å². The fraction of sp³-hybridized carbons (Fsp3) is 0.111. The Morgan fingerprint density at radius 2 is 2.29 bits per heavy atom. The number of benzene rings is 1. The maximum Gasteiger partial charge on any atom is 0.307 e. The molecule has 5 heteroatoms. The van der Waals surface area contributed by atoms with Gasteiger partial charge < -0.3 is 15.2 Å². The molecule has 2 aromatic rings. The number of fused-ring (bicyclic) bond motifs is 1. The van der Waals surface area contributed by atoms with Gasteiger partial charge in [0, 0.05) is 11.6 Å². The van der Waals surface area contributed by atoms with E-state index in [-0.39, 0.29) is 12.2 Å². The highest BCUT2D eigenvalue weighted by atomic mass is 16.4. The molecule has 0 spiro atoms. The first-order chi connectivity index (χ1) is 6.66. The second kappa shape index (κ2) is 3.02. The molecule has 0 unspecified atom stereocenters. The zero-order valence-electron chi connectivity index (χ0n) is 7.19. The van der Waals surface area contributed by atoms with Gasteiger partial charge in [0.1, 0.15) is 5.75 Å². The largest absolute Gasteiger partial charge is 0.508 e. The topological polar surface area (TPSA) is 86.2 Å². The molecule has 0 saturated carbocycles. The van der Waals surface area contributed by atoms with Crippen molar-refractivity contribution in [2.45, 2.75) is 6.42 Å². The Morgan fingerprint density at radius 3 is 3.00 bits per heavy atom. The molecule has 0 saturated heterocycles. The SMILES string of the molecule is O=C(O)Cc1cc2[nH]cnc2cc1O. The average Bonchev–Trinajstić information content (AvgIpc) is 2.51. The van der Waals surface area contributed by atoms with Gasteiger partial charge in [-0.15, -0.1) is 0 Å². The number of rotatable bonds is 2. The number of carbonyl (C=O) groups is 1. The molecule has 0 amide bonds. The van der Waals surface area contributed by atoms with Crippen LogP contribution < -0.4 is 0 Å². The number of nitrogens with one attached hydrogen (secondary N) is 1. The molecule has 1 aromatic carbocycles. The number of phenolic OH excluding ortho intramolecular Hbond substituents is 1. The summed E-state index contributed by atoms with van der Waals surface area (Å²) in [7, 11) is 0. The molecule has 0 bridgehead atoms. The monoisotopic (exact) mass is 192 g/mol. The van der Waals surface area contributed by atoms with Crippen LogP contribution in [0.2, 0.25) is 0 Å². The second-order valence-corrected chi connectivity index (χ2v) is 2.97. The maximum atomic E-state index is 10.5. The third-order valence-corrected chi connectivity index (χ3v) is 1.96. The normalized spacial score (nSPS) is 10.6. The molecule has 14 heavy (non-hydrogen) atoms. The van der Waals surface area contributed by atoms with E-state index in [2.05, 4.69) is 9.97 Å². The molecule has 0 aliphatic rings. The highest BCUT2D eigenvalue weighted by Gasteiger charge is 2.08. The van der Waals surface area contributed by atoms with Crippen molar-refractivity contribution in [3.05, 3.63) is 24.0 Å². The first-order valence-electron chi connectivity index (χ1n) is 4.03. The van der Waals surface area contributed by atoms with E-state index < -0.39 is 5.97 Å². The maximum absolute atomic E-state index is 10.5. The number of aliphatic carboxylic acids is 1. The third kappa shape index (κ3) is 1.39. The lowest BCUT2D eigenvalue weighted by atomic mass is 10.1. The number of phenols is 1. The lowest BCUT2D eigenvalue weighted by Gasteiger charge is -2.00. The van der Waals surface area contributed by atoms with Gasteiger partial charge in [0.2, 0.25) is 0 Å². The van der Waals surface area contributed by atoms with E-state index in [0.717, 1.165) is 5.52 Å². The fourth-order valence-electron chi connectivity index (χ4n) is 1.32. The van der Waals surface area contributed by atoms with Gasteiger partial charge in [0.05, 0.1) is 23.8 Å². The van der Waals surface area contributed by atoms with E-state index in [1.807, 2.05) is 0 Å². The summed E-state index contributed by atoms with van der Waals surface area (Å²) in [5.74, 6) is -1.01. The van der Waals surface area contributed by atoms with Gasteiger partial charge in [-0.1, -0.05) is 0 Å². The van der Waals surface area contributed by atoms with Crippen molar-refractivity contribution < 1.29 is 15.0 Å². The predicted molar refractivity (Wildman–Crippen MR) is 49.1 cm³/mol. The molecule has 1 aromatic heterocycles. The quantitative estimate of drug-likeness (QED) is 0.659. The molecule has 0 aliphatic carbocycles. The van der Waals surface area contributed by atoms with E-state index >= 15 is 0 Å². The number of hydrogen-bond donors (Lipinski definition) is 3. The molecular weight excluding hydrogens is 184 g/mol. The van der Waals surface area contributed by atoms with Crippen molar-refractivity contribution in [2.75, 3.05) is 0 Å². The molecule has 1 heterocycles. The van der Waals surface area contributed by atoms with Crippen LogP contribution in [0.3, 0.4) is 0 Å². The summed E-state index contributed by atoms with van der Waals surface area (Å²) in [6.45, 7) is 0. The lowest BCUT2D eigenvalue weighted by molar-refractivity contribution is -0.136. The number of aromatic nitrogens is 2. The van der Waals surface area contributed by atoms with Crippen molar-refractivity contribution in [1.82, 2.24) is 9.97 Å². The fourth-order valence-corrected chi connectivity index (χ4v) is 1.32. The van der Waals surface area contributed by atoms with Crippen LogP contribution in [0.15, 0.2) is 18.5 Å². The number of aromatic amines is 1. The number of carboxylic acids is 1. The van der Waals surface area contributed by atoms with E-state index in [1.165, 1.54) is 12.4 Å². The second-order valence-electron chi connectivity index (χ2n) is 2.97. The van der Waals surface area contributed by atoms with Crippen LogP contribution in [-0.2, 0) is 11.2 Å². The Bertz CT molecular complexity index is 490. The summed E-state index contributed by atoms with van der Waals surface area (Å²) in [4.78, 5) is 17.2. The Hall–Kier alpha value is -2.04. The van der Waals surface area contributed by atoms with Gasteiger partial charge in [0.15, 0.2) is 0 Å². The predicted octanol–water partition coefficient (Wildman–Crippen LogP) is 0.896. The highest BCUT2D eigenvalue weighted by Crippen LogP contribution is 2.23. The van der Waals surface area contributed by atoms with Gasteiger partial charge in [-0.2, -0.15) is 0 Å². The number of carboxylic acid groups (broad SMARTS) is 1. The van der Waals surface area contributed by atoms with Gasteiger partial charge in [-0.25, -0.2) is 4.98 Å². The minimum atomic E-state index is -0.973. The number of H-pyrrole nitrogens is 1. The number of nitrogens with zero attached hydrogens (tertiary/aromatic N) is 1. The molecule has 0 atom stereocenters. The van der Waals surface area contributed by atoms with Crippen LogP contribution >= 0.6 is 0 Å². The van der Waals surface area contributed by atoms with Crippen molar-refractivity contribution >= 4 is 17.0 Å². The molecular formula is C9H8N2O3. The van der Waals surface area contributed by atoms with Crippen LogP contribution in [-0.4, -0.2) is 26.2 Å². The summed E-state index contributed by atoms with van der Waals surface area (Å²) < 4.78 is 0. The van der Waals surface area contributed by atoms with Gasteiger partial charge in [0.25, 0.3) is 0 Å². The highest BCUT2D eigenvalue weighted by molar-refractivity contribution is 5.80. The molecule has 0 aliphatic heterocycles. The van der Waals surface area contributed by atoms with Crippen LogP contribution in [0.25, 0.3) is 11.0 Å². The van der Waals surface area contributed by atoms with E-state index in [9.17, 15) is 9.90 Å². The molecule has 72 valence electrons. The summed E-state index contributed by atoms with van der Waals surface area (Å²) in [6.07, 6.45) is 1.30. The molecule has 0 radical (unpaired) electrons. The number of hydrogen-bond acceptors (Lipinski definition) is 3. The van der Waals surface area contributed by atoms with Crippen LogP contribution in [0, 0.1) is 0 Å². The van der Waals surface area contributed by atoms with Crippen molar-refractivity contribution in [2.24, 2.45) is 0 Å². The number of imidazole rings is 1. The summed E-state index contributed by atoms with van der Waals surface area (Å²) >= 11 is 0. The summed E-state index contributed by atoms with van der Waals surface area (Å²) in [6, 6.07) is 3.04. The summed E-state index contributed by atoms with van der Waals surface area (Å²) in [5, 5.41) is 18.0. The minimum Gasteiger partial charge on any atom is -0.508 e. The molecule has 2 rings (SSSR count). The van der Waals surface area contributed by atoms with Crippen molar-refractivity contribution in [3.63, 3.8) is 0 Å². The molecule has 3 N–H and O–H groups in total. The first kappa shape index (κ1) is 8.55. The van der Waals surface area contributed by atoms with Gasteiger partial charge in [-0.3, -0.25) is 4.79 Å². The Balaban J connectivity index is 2.53. The van der Waals surface area contributed by atoms with Gasteiger partial charge in [-0.05, 0) is 6.07 Å².